The van der Waals surface area contributed by atoms with Gasteiger partial charge in [0, 0.05) is 10.9 Å². The Balaban J connectivity index is 3.37. The Hall–Kier alpha value is -1.06. The van der Waals surface area contributed by atoms with Crippen molar-refractivity contribution in [3.05, 3.63) is 28.6 Å². The van der Waals surface area contributed by atoms with Crippen molar-refractivity contribution < 1.29 is 13.9 Å². The Bertz CT molecular complexity index is 404. The zero-order chi connectivity index (χ0) is 11.4. The number of nitriles is 1. The highest BCUT2D eigenvalue weighted by atomic mass is 79.9. The van der Waals surface area contributed by atoms with E-state index in [4.69, 9.17) is 10.4 Å². The maximum Gasteiger partial charge on any atom is 0.280 e. The van der Waals surface area contributed by atoms with Crippen LogP contribution in [0.3, 0.4) is 0 Å². The molecule has 0 radical (unpaired) electrons. The van der Waals surface area contributed by atoms with Gasteiger partial charge in [-0.1, -0.05) is 15.9 Å². The molecule has 0 aromatic carbocycles. The van der Waals surface area contributed by atoms with E-state index in [2.05, 4.69) is 20.9 Å². The first-order valence-corrected chi connectivity index (χ1v) is 5.14. The van der Waals surface area contributed by atoms with Crippen LogP contribution in [0.15, 0.2) is 6.07 Å². The maximum absolute atomic E-state index is 12.4. The van der Waals surface area contributed by atoms with Gasteiger partial charge in [-0.15, -0.1) is 0 Å². The van der Waals surface area contributed by atoms with Gasteiger partial charge in [0.05, 0.1) is 23.9 Å². The number of pyridine rings is 1. The van der Waals surface area contributed by atoms with Gasteiger partial charge in [-0.2, -0.15) is 5.26 Å². The van der Waals surface area contributed by atoms with E-state index in [9.17, 15) is 8.78 Å². The van der Waals surface area contributed by atoms with Gasteiger partial charge in [0.25, 0.3) is 6.43 Å². The van der Waals surface area contributed by atoms with E-state index in [0.29, 0.717) is 10.9 Å². The molecule has 0 fully saturated rings. The van der Waals surface area contributed by atoms with Crippen LogP contribution in [0.2, 0.25) is 0 Å². The van der Waals surface area contributed by atoms with Gasteiger partial charge < -0.3 is 5.11 Å². The molecule has 80 valence electrons. The number of aromatic nitrogens is 1. The number of alkyl halides is 3. The molecule has 0 saturated heterocycles. The van der Waals surface area contributed by atoms with Gasteiger partial charge in [-0.05, 0) is 6.07 Å². The first-order valence-electron chi connectivity index (χ1n) is 4.01. The summed E-state index contributed by atoms with van der Waals surface area (Å²) in [7, 11) is 0. The van der Waals surface area contributed by atoms with Gasteiger partial charge >= 0.3 is 0 Å². The van der Waals surface area contributed by atoms with Gasteiger partial charge in [0.15, 0.2) is 0 Å². The standard InChI is InChI=1S/C9H7BrF2N2O/c10-2-6-5(3-13)1-7(9(11)12)14-8(6)4-15/h1,9,15H,2,4H2. The molecule has 1 aromatic heterocycles. The summed E-state index contributed by atoms with van der Waals surface area (Å²) in [5, 5.41) is 18.0. The van der Waals surface area contributed by atoms with Crippen LogP contribution < -0.4 is 0 Å². The highest BCUT2D eigenvalue weighted by Crippen LogP contribution is 2.23. The van der Waals surface area contributed by atoms with E-state index < -0.39 is 18.7 Å². The van der Waals surface area contributed by atoms with Crippen molar-refractivity contribution in [3.63, 3.8) is 0 Å². The summed E-state index contributed by atoms with van der Waals surface area (Å²) in [6.07, 6.45) is -2.74. The molecule has 3 nitrogen and oxygen atoms in total. The van der Waals surface area contributed by atoms with Gasteiger partial charge in [-0.25, -0.2) is 13.8 Å². The third-order valence-electron chi connectivity index (χ3n) is 1.86. The fraction of sp³-hybridized carbons (Fsp3) is 0.333. The molecule has 0 bridgehead atoms. The molecule has 0 aliphatic heterocycles. The molecule has 0 aliphatic carbocycles. The van der Waals surface area contributed by atoms with Gasteiger partial charge in [0.1, 0.15) is 5.69 Å². The lowest BCUT2D eigenvalue weighted by molar-refractivity contribution is 0.145. The van der Waals surface area contributed by atoms with Crippen molar-refractivity contribution >= 4 is 15.9 Å². The summed E-state index contributed by atoms with van der Waals surface area (Å²) in [6.45, 7) is -0.462. The number of nitrogens with zero attached hydrogens (tertiary/aromatic N) is 2. The van der Waals surface area contributed by atoms with Crippen LogP contribution in [0, 0.1) is 11.3 Å². The largest absolute Gasteiger partial charge is 0.390 e. The van der Waals surface area contributed by atoms with Crippen LogP contribution in [0.1, 0.15) is 28.9 Å². The zero-order valence-corrected chi connectivity index (χ0v) is 9.13. The van der Waals surface area contributed by atoms with Crippen LogP contribution in [-0.2, 0) is 11.9 Å². The smallest absolute Gasteiger partial charge is 0.280 e. The van der Waals surface area contributed by atoms with Crippen LogP contribution in [-0.4, -0.2) is 10.1 Å². The lowest BCUT2D eigenvalue weighted by Crippen LogP contribution is -2.04. The number of hydrogen-bond acceptors (Lipinski definition) is 3. The summed E-state index contributed by atoms with van der Waals surface area (Å²) in [5.74, 6) is 0. The van der Waals surface area contributed by atoms with Crippen molar-refractivity contribution in [2.75, 3.05) is 0 Å². The third-order valence-corrected chi connectivity index (χ3v) is 2.42. The molecule has 6 heteroatoms. The SMILES string of the molecule is N#Cc1cc(C(F)F)nc(CO)c1CBr. The molecule has 0 spiro atoms. The molecule has 1 N–H and O–H groups in total. The number of hydrogen-bond donors (Lipinski definition) is 1. The maximum atomic E-state index is 12.4. The van der Waals surface area contributed by atoms with Gasteiger partial charge in [0.2, 0.25) is 0 Å². The van der Waals surface area contributed by atoms with E-state index in [1.54, 1.807) is 6.07 Å². The number of halogens is 3. The van der Waals surface area contributed by atoms with Crippen molar-refractivity contribution in [1.29, 1.82) is 5.26 Å². The lowest BCUT2D eigenvalue weighted by atomic mass is 10.1. The van der Waals surface area contributed by atoms with Crippen molar-refractivity contribution in [2.24, 2.45) is 0 Å². The molecule has 0 unspecified atom stereocenters. The summed E-state index contributed by atoms with van der Waals surface area (Å²) >= 11 is 3.11. The molecule has 0 aliphatic rings. The van der Waals surface area contributed by atoms with Crippen LogP contribution in [0.5, 0.6) is 0 Å². The second kappa shape index (κ2) is 5.14. The fourth-order valence-corrected chi connectivity index (χ4v) is 1.76. The third kappa shape index (κ3) is 2.49. The Morgan fingerprint density at radius 1 is 1.60 bits per heavy atom. The lowest BCUT2D eigenvalue weighted by Gasteiger charge is -2.08. The van der Waals surface area contributed by atoms with Crippen molar-refractivity contribution in [1.82, 2.24) is 4.98 Å². The summed E-state index contributed by atoms with van der Waals surface area (Å²) in [5.41, 5.74) is 0.187. The average Bonchev–Trinajstić information content (AvgIpc) is 2.26. The summed E-state index contributed by atoms with van der Waals surface area (Å²) < 4.78 is 24.7. The number of aliphatic hydroxyl groups excluding tert-OH is 1. The first kappa shape index (κ1) is 12.0. The minimum absolute atomic E-state index is 0.112. The predicted octanol–water partition coefficient (Wildman–Crippen LogP) is 2.28. The quantitative estimate of drug-likeness (QED) is 0.862. The number of aliphatic hydroxyl groups is 1. The number of rotatable bonds is 3. The van der Waals surface area contributed by atoms with E-state index in [1.807, 2.05) is 0 Å². The highest BCUT2D eigenvalue weighted by molar-refractivity contribution is 9.08. The molecule has 1 heterocycles. The predicted molar refractivity (Wildman–Crippen MR) is 52.5 cm³/mol. The van der Waals surface area contributed by atoms with Crippen molar-refractivity contribution in [3.8, 4) is 6.07 Å². The normalized spacial score (nSPS) is 10.4. The van der Waals surface area contributed by atoms with E-state index in [-0.39, 0.29) is 11.3 Å². The Labute approximate surface area is 93.5 Å². The minimum atomic E-state index is -2.74. The molecule has 15 heavy (non-hydrogen) atoms. The Kier molecular flexibility index (Phi) is 4.12. The second-order valence-corrected chi connectivity index (χ2v) is 3.28. The summed E-state index contributed by atoms with van der Waals surface area (Å²) in [4.78, 5) is 3.59. The Morgan fingerprint density at radius 2 is 2.27 bits per heavy atom. The molecule has 0 saturated carbocycles. The Morgan fingerprint density at radius 3 is 2.67 bits per heavy atom. The molecule has 0 amide bonds. The fourth-order valence-electron chi connectivity index (χ4n) is 1.14. The zero-order valence-electron chi connectivity index (χ0n) is 7.54. The molecule has 1 rings (SSSR count). The van der Waals surface area contributed by atoms with Crippen LogP contribution in [0.4, 0.5) is 8.78 Å². The van der Waals surface area contributed by atoms with Crippen LogP contribution >= 0.6 is 15.9 Å². The molecular formula is C9H7BrF2N2O. The van der Waals surface area contributed by atoms with Gasteiger partial charge in [-0.3, -0.25) is 0 Å². The first-order chi connectivity index (χ1) is 7.13. The average molecular weight is 277 g/mol. The highest BCUT2D eigenvalue weighted by Gasteiger charge is 2.16. The van der Waals surface area contributed by atoms with Crippen LogP contribution in [0.25, 0.3) is 0 Å². The van der Waals surface area contributed by atoms with Crippen molar-refractivity contribution in [2.45, 2.75) is 18.4 Å². The molecule has 1 aromatic rings. The van der Waals surface area contributed by atoms with E-state index >= 15 is 0 Å². The van der Waals surface area contributed by atoms with E-state index in [1.165, 1.54) is 0 Å². The molecular weight excluding hydrogens is 270 g/mol. The summed E-state index contributed by atoms with van der Waals surface area (Å²) in [6, 6.07) is 2.84. The minimum Gasteiger partial charge on any atom is -0.390 e. The molecule has 0 atom stereocenters. The monoisotopic (exact) mass is 276 g/mol. The topological polar surface area (TPSA) is 56.9 Å². The second-order valence-electron chi connectivity index (χ2n) is 2.72. The van der Waals surface area contributed by atoms with E-state index in [0.717, 1.165) is 6.07 Å².